The molecule has 4 atom stereocenters. The molecule has 98 valence electrons. The molecule has 3 heteroatoms. The van der Waals surface area contributed by atoms with Crippen molar-refractivity contribution in [1.29, 1.82) is 0 Å². The highest BCUT2D eigenvalue weighted by atomic mass is 16.1. The minimum atomic E-state index is -0.374. The zero-order valence-corrected chi connectivity index (χ0v) is 11.7. The summed E-state index contributed by atoms with van der Waals surface area (Å²) < 4.78 is 0. The quantitative estimate of drug-likeness (QED) is 0.327. The van der Waals surface area contributed by atoms with Crippen LogP contribution in [0.25, 0.3) is 5.53 Å². The summed E-state index contributed by atoms with van der Waals surface area (Å²) in [5, 5.41) is 0. The van der Waals surface area contributed by atoms with Gasteiger partial charge < -0.3 is 5.53 Å². The first-order valence-electron chi connectivity index (χ1n) is 6.80. The molecule has 0 aromatic rings. The van der Waals surface area contributed by atoms with Crippen molar-refractivity contribution in [2.75, 3.05) is 0 Å². The van der Waals surface area contributed by atoms with Gasteiger partial charge in [0.25, 0.3) is 0 Å². The molecular formula is C15H22N2O. The predicted molar refractivity (Wildman–Crippen MR) is 71.1 cm³/mol. The largest absolute Gasteiger partial charge is 0.361 e. The Morgan fingerprint density at radius 2 is 2.28 bits per heavy atom. The SMILES string of the molecule is CC1=C[C@H]2C[C@@](C)(C(=O)C=[N+]=[N-])[C@@H]1C[C@@H]2C(C)C. The minimum absolute atomic E-state index is 0.0327. The summed E-state index contributed by atoms with van der Waals surface area (Å²) in [5.41, 5.74) is 9.56. The van der Waals surface area contributed by atoms with Gasteiger partial charge >= 0.3 is 6.21 Å². The number of allylic oxidation sites excluding steroid dienone is 2. The first-order chi connectivity index (χ1) is 8.40. The van der Waals surface area contributed by atoms with E-state index in [0.29, 0.717) is 23.7 Å². The maximum Gasteiger partial charge on any atom is 0.323 e. The van der Waals surface area contributed by atoms with Gasteiger partial charge in [0.15, 0.2) is 0 Å². The van der Waals surface area contributed by atoms with Crippen LogP contribution in [0.3, 0.4) is 0 Å². The molecule has 3 aliphatic carbocycles. The van der Waals surface area contributed by atoms with Crippen LogP contribution >= 0.6 is 0 Å². The number of fused-ring (bicyclic) bond motifs is 2. The van der Waals surface area contributed by atoms with Crippen LogP contribution in [0, 0.1) is 29.1 Å². The van der Waals surface area contributed by atoms with Crippen molar-refractivity contribution >= 4 is 12.0 Å². The van der Waals surface area contributed by atoms with Crippen molar-refractivity contribution in [3.05, 3.63) is 17.2 Å². The lowest BCUT2D eigenvalue weighted by molar-refractivity contribution is -0.131. The van der Waals surface area contributed by atoms with E-state index < -0.39 is 0 Å². The van der Waals surface area contributed by atoms with E-state index in [1.54, 1.807) is 0 Å². The Bertz CT molecular complexity index is 445. The fourth-order valence-electron chi connectivity index (χ4n) is 4.05. The van der Waals surface area contributed by atoms with Crippen LogP contribution in [0.2, 0.25) is 0 Å². The first kappa shape index (κ1) is 13.2. The average molecular weight is 246 g/mol. The molecule has 0 heterocycles. The molecule has 18 heavy (non-hydrogen) atoms. The third-order valence-corrected chi connectivity index (χ3v) is 5.11. The van der Waals surface area contributed by atoms with Gasteiger partial charge in [0.1, 0.15) is 0 Å². The van der Waals surface area contributed by atoms with E-state index in [0.717, 1.165) is 19.1 Å². The summed E-state index contributed by atoms with van der Waals surface area (Å²) in [6.07, 6.45) is 5.43. The minimum Gasteiger partial charge on any atom is -0.361 e. The van der Waals surface area contributed by atoms with Crippen LogP contribution in [0.15, 0.2) is 11.6 Å². The molecule has 0 radical (unpaired) electrons. The number of carbonyl (C=O) groups is 1. The van der Waals surface area contributed by atoms with Gasteiger partial charge in [0.05, 0.1) is 0 Å². The van der Waals surface area contributed by atoms with Crippen LogP contribution in [-0.4, -0.2) is 16.8 Å². The second kappa shape index (κ2) is 4.47. The Labute approximate surface area is 109 Å². The number of ketones is 1. The summed E-state index contributed by atoms with van der Waals surface area (Å²) in [6.45, 7) is 8.70. The number of Topliss-reactive ketones (excluding diaryl/α,β-unsaturated/α-hetero) is 1. The van der Waals surface area contributed by atoms with E-state index in [-0.39, 0.29) is 11.2 Å². The molecule has 0 saturated heterocycles. The maximum atomic E-state index is 12.2. The average Bonchev–Trinajstić information content (AvgIpc) is 2.28. The topological polar surface area (TPSA) is 53.5 Å². The lowest BCUT2D eigenvalue weighted by Gasteiger charge is -2.51. The Morgan fingerprint density at radius 1 is 1.61 bits per heavy atom. The van der Waals surface area contributed by atoms with E-state index in [1.807, 2.05) is 6.92 Å². The molecule has 3 aliphatic rings. The van der Waals surface area contributed by atoms with Crippen molar-refractivity contribution in [2.24, 2.45) is 29.1 Å². The van der Waals surface area contributed by atoms with Gasteiger partial charge in [-0.2, -0.15) is 4.79 Å². The molecule has 0 aromatic heterocycles. The summed E-state index contributed by atoms with van der Waals surface area (Å²) in [4.78, 5) is 15.1. The lowest BCUT2D eigenvalue weighted by atomic mass is 9.51. The van der Waals surface area contributed by atoms with E-state index in [1.165, 1.54) is 5.57 Å². The number of carbonyl (C=O) groups excluding carboxylic acids is 1. The number of rotatable bonds is 3. The molecule has 0 unspecified atom stereocenters. The fourth-order valence-corrected chi connectivity index (χ4v) is 4.05. The Kier molecular flexibility index (Phi) is 3.29. The standard InChI is InChI=1S/C15H22N2O/c1-9(2)12-6-13-10(3)5-11(12)7-15(13,4)14(18)8-17-16/h5,8-9,11-13H,6-7H2,1-4H3/t11-,12+,13+,15+/m0/s1. The normalized spacial score (nSPS) is 38.3. The van der Waals surface area contributed by atoms with Crippen LogP contribution in [-0.2, 0) is 4.79 Å². The van der Waals surface area contributed by atoms with Gasteiger partial charge in [-0.1, -0.05) is 32.4 Å². The van der Waals surface area contributed by atoms with Crippen LogP contribution in [0.1, 0.15) is 40.5 Å². The zero-order valence-electron chi connectivity index (χ0n) is 11.7. The molecule has 2 bridgehead atoms. The Balaban J connectivity index is 2.34. The lowest BCUT2D eigenvalue weighted by Crippen LogP contribution is -2.49. The summed E-state index contributed by atoms with van der Waals surface area (Å²) in [7, 11) is 0. The summed E-state index contributed by atoms with van der Waals surface area (Å²) in [6, 6.07) is 0. The van der Waals surface area contributed by atoms with Gasteiger partial charge in [-0.05, 0) is 43.4 Å². The van der Waals surface area contributed by atoms with Crippen molar-refractivity contribution in [1.82, 2.24) is 0 Å². The smallest absolute Gasteiger partial charge is 0.323 e. The number of hydrogen-bond acceptors (Lipinski definition) is 1. The second-order valence-electron chi connectivity index (χ2n) is 6.50. The maximum absolute atomic E-state index is 12.2. The van der Waals surface area contributed by atoms with Crippen molar-refractivity contribution in [2.45, 2.75) is 40.5 Å². The second-order valence-corrected chi connectivity index (χ2v) is 6.50. The Morgan fingerprint density at radius 3 is 2.78 bits per heavy atom. The molecule has 1 saturated carbocycles. The van der Waals surface area contributed by atoms with Crippen LogP contribution in [0.5, 0.6) is 0 Å². The molecule has 3 rings (SSSR count). The predicted octanol–water partition coefficient (Wildman–Crippen LogP) is 3.12. The van der Waals surface area contributed by atoms with Gasteiger partial charge in [0, 0.05) is 5.41 Å². The molecule has 0 spiro atoms. The van der Waals surface area contributed by atoms with E-state index in [4.69, 9.17) is 5.53 Å². The van der Waals surface area contributed by atoms with Crippen molar-refractivity contribution in [3.8, 4) is 0 Å². The highest BCUT2D eigenvalue weighted by Gasteiger charge is 2.52. The summed E-state index contributed by atoms with van der Waals surface area (Å²) >= 11 is 0. The highest BCUT2D eigenvalue weighted by molar-refractivity contribution is 6.27. The fraction of sp³-hybridized carbons (Fsp3) is 0.733. The van der Waals surface area contributed by atoms with Gasteiger partial charge in [0.2, 0.25) is 5.78 Å². The molecule has 0 aromatic carbocycles. The van der Waals surface area contributed by atoms with Gasteiger partial charge in [-0.3, -0.25) is 4.79 Å². The monoisotopic (exact) mass is 246 g/mol. The van der Waals surface area contributed by atoms with E-state index in [9.17, 15) is 4.79 Å². The molecule has 0 amide bonds. The van der Waals surface area contributed by atoms with Crippen molar-refractivity contribution in [3.63, 3.8) is 0 Å². The van der Waals surface area contributed by atoms with Gasteiger partial charge in [-0.15, -0.1) is 0 Å². The van der Waals surface area contributed by atoms with Gasteiger partial charge in [-0.25, -0.2) is 0 Å². The molecule has 3 nitrogen and oxygen atoms in total. The summed E-state index contributed by atoms with van der Waals surface area (Å²) in [5.74, 6) is 2.12. The molecule has 0 N–H and O–H groups in total. The zero-order chi connectivity index (χ0) is 13.5. The first-order valence-corrected chi connectivity index (χ1v) is 6.80. The Hall–Kier alpha value is -1.21. The molecule has 1 fully saturated rings. The van der Waals surface area contributed by atoms with E-state index >= 15 is 0 Å². The third-order valence-electron chi connectivity index (χ3n) is 5.11. The molecule has 0 aliphatic heterocycles. The third kappa shape index (κ3) is 1.87. The van der Waals surface area contributed by atoms with Crippen molar-refractivity contribution < 1.29 is 9.58 Å². The number of hydrogen-bond donors (Lipinski definition) is 0. The number of nitrogens with zero attached hydrogens (tertiary/aromatic N) is 2. The highest BCUT2D eigenvalue weighted by Crippen LogP contribution is 2.56. The molecular weight excluding hydrogens is 224 g/mol. The van der Waals surface area contributed by atoms with Crippen LogP contribution in [0.4, 0.5) is 0 Å². The van der Waals surface area contributed by atoms with E-state index in [2.05, 4.69) is 31.6 Å². The van der Waals surface area contributed by atoms with Crippen LogP contribution < -0.4 is 0 Å².